The smallest absolute Gasteiger partial charge is 0.325 e. The first-order chi connectivity index (χ1) is 14.9. The summed E-state index contributed by atoms with van der Waals surface area (Å²) in [4.78, 5) is 39.8. The number of amides is 4. The van der Waals surface area contributed by atoms with Gasteiger partial charge >= 0.3 is 6.03 Å². The van der Waals surface area contributed by atoms with Gasteiger partial charge in [0.05, 0.1) is 6.04 Å². The van der Waals surface area contributed by atoms with Crippen LogP contribution in [-0.2, 0) is 9.59 Å². The summed E-state index contributed by atoms with van der Waals surface area (Å²) in [5.74, 6) is -0.632. The van der Waals surface area contributed by atoms with E-state index in [2.05, 4.69) is 10.6 Å². The summed E-state index contributed by atoms with van der Waals surface area (Å²) in [6, 6.07) is 15.9. The Morgan fingerprint density at radius 3 is 2.48 bits per heavy atom. The summed E-state index contributed by atoms with van der Waals surface area (Å²) in [6.45, 7) is 1.68. The number of carbonyl (C=O) groups excluding carboxylic acids is 3. The zero-order valence-corrected chi connectivity index (χ0v) is 18.2. The predicted octanol–water partition coefficient (Wildman–Crippen LogP) is 4.05. The van der Waals surface area contributed by atoms with Crippen molar-refractivity contribution in [3.63, 3.8) is 0 Å². The summed E-state index contributed by atoms with van der Waals surface area (Å²) in [5, 5.41) is 6.48. The van der Waals surface area contributed by atoms with Gasteiger partial charge in [-0.25, -0.2) is 4.79 Å². The van der Waals surface area contributed by atoms with Crippen LogP contribution < -0.4 is 10.6 Å². The molecule has 0 radical (unpaired) electrons. The lowest BCUT2D eigenvalue weighted by Crippen LogP contribution is -2.54. The molecule has 3 atom stereocenters. The van der Waals surface area contributed by atoms with E-state index >= 15 is 0 Å². The van der Waals surface area contributed by atoms with Gasteiger partial charge in [-0.3, -0.25) is 14.5 Å². The van der Waals surface area contributed by atoms with E-state index in [1.807, 2.05) is 49.4 Å². The van der Waals surface area contributed by atoms with Crippen molar-refractivity contribution in [2.24, 2.45) is 5.92 Å². The fraction of sp³-hybridized carbons (Fsp3) is 0.375. The van der Waals surface area contributed by atoms with Gasteiger partial charge in [0.15, 0.2) is 0 Å². The van der Waals surface area contributed by atoms with Gasteiger partial charge in [-0.05, 0) is 42.0 Å². The Morgan fingerprint density at radius 2 is 1.81 bits per heavy atom. The number of urea groups is 1. The predicted molar refractivity (Wildman–Crippen MR) is 118 cm³/mol. The average molecular weight is 440 g/mol. The van der Waals surface area contributed by atoms with E-state index < -0.39 is 23.5 Å². The number of imide groups is 1. The number of nitrogens with one attached hydrogen (secondary N) is 2. The molecule has 3 unspecified atom stereocenters. The van der Waals surface area contributed by atoms with Gasteiger partial charge in [-0.15, -0.1) is 0 Å². The lowest BCUT2D eigenvalue weighted by Gasteiger charge is -2.36. The topological polar surface area (TPSA) is 78.5 Å². The lowest BCUT2D eigenvalue weighted by atomic mass is 9.73. The summed E-state index contributed by atoms with van der Waals surface area (Å²) in [6.07, 6.45) is 3.45. The molecule has 1 aliphatic heterocycles. The standard InChI is InChI=1S/C24H26ClN3O3/c1-16-7-5-6-14-24(16)22(30)28(23(31)27-24)15-20(29)26-21(17-8-3-2-4-9-17)18-10-12-19(25)13-11-18/h2-4,8-13,16,21H,5-7,14-15H2,1H3,(H,26,29)(H,27,31). The minimum Gasteiger partial charge on any atom is -0.344 e. The Bertz CT molecular complexity index is 979. The van der Waals surface area contributed by atoms with E-state index in [4.69, 9.17) is 11.6 Å². The van der Waals surface area contributed by atoms with Crippen LogP contribution in [0.25, 0.3) is 0 Å². The van der Waals surface area contributed by atoms with Crippen LogP contribution in [0.1, 0.15) is 49.8 Å². The third kappa shape index (κ3) is 4.17. The van der Waals surface area contributed by atoms with E-state index in [9.17, 15) is 14.4 Å². The lowest BCUT2D eigenvalue weighted by molar-refractivity contribution is -0.137. The molecule has 6 nitrogen and oxygen atoms in total. The van der Waals surface area contributed by atoms with E-state index in [1.54, 1.807) is 12.1 Å². The zero-order chi connectivity index (χ0) is 22.0. The van der Waals surface area contributed by atoms with Crippen molar-refractivity contribution in [1.82, 2.24) is 15.5 Å². The van der Waals surface area contributed by atoms with Crippen LogP contribution in [0.3, 0.4) is 0 Å². The molecule has 1 aliphatic carbocycles. The minimum absolute atomic E-state index is 0.0527. The van der Waals surface area contributed by atoms with Gasteiger partial charge in [-0.2, -0.15) is 0 Å². The normalized spacial score (nSPS) is 24.2. The summed E-state index contributed by atoms with van der Waals surface area (Å²) in [7, 11) is 0. The van der Waals surface area contributed by atoms with Crippen LogP contribution in [0, 0.1) is 5.92 Å². The maximum absolute atomic E-state index is 13.1. The number of hydrogen-bond acceptors (Lipinski definition) is 3. The number of hydrogen-bond donors (Lipinski definition) is 2. The minimum atomic E-state index is -0.870. The Hall–Kier alpha value is -2.86. The third-order valence-corrected chi connectivity index (χ3v) is 6.70. The van der Waals surface area contributed by atoms with Gasteiger partial charge < -0.3 is 10.6 Å². The molecular formula is C24H26ClN3O3. The van der Waals surface area contributed by atoms with E-state index in [-0.39, 0.29) is 18.4 Å². The van der Waals surface area contributed by atoms with Crippen molar-refractivity contribution in [3.8, 4) is 0 Å². The Labute approximate surface area is 187 Å². The zero-order valence-electron chi connectivity index (χ0n) is 17.4. The molecule has 162 valence electrons. The highest BCUT2D eigenvalue weighted by atomic mass is 35.5. The van der Waals surface area contributed by atoms with Crippen molar-refractivity contribution in [2.45, 2.75) is 44.2 Å². The maximum Gasteiger partial charge on any atom is 0.325 e. The molecule has 4 rings (SSSR count). The highest BCUT2D eigenvalue weighted by Crippen LogP contribution is 2.38. The second kappa shape index (κ2) is 8.71. The first kappa shape index (κ1) is 21.4. The SMILES string of the molecule is CC1CCCCC12NC(=O)N(CC(=O)NC(c1ccccc1)c1ccc(Cl)cc1)C2=O. The monoisotopic (exact) mass is 439 g/mol. The van der Waals surface area contributed by atoms with Crippen LogP contribution in [0.2, 0.25) is 5.02 Å². The second-order valence-corrected chi connectivity index (χ2v) is 8.84. The molecule has 4 amide bonds. The fourth-order valence-corrected chi connectivity index (χ4v) is 4.78. The molecule has 2 N–H and O–H groups in total. The van der Waals surface area contributed by atoms with Gasteiger partial charge in [0.2, 0.25) is 5.91 Å². The summed E-state index contributed by atoms with van der Waals surface area (Å²) < 4.78 is 0. The van der Waals surface area contributed by atoms with Gasteiger partial charge in [0.25, 0.3) is 5.91 Å². The first-order valence-electron chi connectivity index (χ1n) is 10.6. The Morgan fingerprint density at radius 1 is 1.13 bits per heavy atom. The van der Waals surface area contributed by atoms with Crippen LogP contribution in [0.15, 0.2) is 54.6 Å². The molecule has 2 fully saturated rings. The number of nitrogens with zero attached hydrogens (tertiary/aromatic N) is 1. The van der Waals surface area contributed by atoms with Crippen molar-refractivity contribution in [1.29, 1.82) is 0 Å². The van der Waals surface area contributed by atoms with Crippen LogP contribution in [0.5, 0.6) is 0 Å². The molecule has 2 aromatic rings. The number of halogens is 1. The van der Waals surface area contributed by atoms with Crippen LogP contribution >= 0.6 is 11.6 Å². The average Bonchev–Trinajstić information content (AvgIpc) is 3.00. The van der Waals surface area contributed by atoms with Crippen molar-refractivity contribution >= 4 is 29.4 Å². The molecule has 1 saturated carbocycles. The second-order valence-electron chi connectivity index (χ2n) is 8.40. The fourth-order valence-electron chi connectivity index (χ4n) is 4.65. The quantitative estimate of drug-likeness (QED) is 0.690. The molecule has 0 aromatic heterocycles. The molecule has 31 heavy (non-hydrogen) atoms. The third-order valence-electron chi connectivity index (χ3n) is 6.44. The van der Waals surface area contributed by atoms with Gasteiger partial charge in [0.1, 0.15) is 12.1 Å². The molecular weight excluding hydrogens is 414 g/mol. The molecule has 2 aromatic carbocycles. The van der Waals surface area contributed by atoms with Crippen molar-refractivity contribution in [3.05, 3.63) is 70.7 Å². The Kier molecular flexibility index (Phi) is 6.01. The van der Waals surface area contributed by atoms with Gasteiger partial charge in [0, 0.05) is 5.02 Å². The summed E-state index contributed by atoms with van der Waals surface area (Å²) >= 11 is 6.02. The molecule has 2 aliphatic rings. The van der Waals surface area contributed by atoms with Crippen molar-refractivity contribution < 1.29 is 14.4 Å². The molecule has 1 saturated heterocycles. The van der Waals surface area contributed by atoms with E-state index in [0.717, 1.165) is 35.3 Å². The van der Waals surface area contributed by atoms with Crippen LogP contribution in [0.4, 0.5) is 4.79 Å². The maximum atomic E-state index is 13.1. The first-order valence-corrected chi connectivity index (χ1v) is 11.0. The highest BCUT2D eigenvalue weighted by Gasteiger charge is 2.55. The molecule has 0 bridgehead atoms. The number of benzene rings is 2. The van der Waals surface area contributed by atoms with Crippen molar-refractivity contribution in [2.75, 3.05) is 6.54 Å². The highest BCUT2D eigenvalue weighted by molar-refractivity contribution is 6.30. The Balaban J connectivity index is 1.52. The van der Waals surface area contributed by atoms with Gasteiger partial charge in [-0.1, -0.05) is 73.8 Å². The largest absolute Gasteiger partial charge is 0.344 e. The van der Waals surface area contributed by atoms with E-state index in [0.29, 0.717) is 11.4 Å². The van der Waals surface area contributed by atoms with E-state index in [1.165, 1.54) is 0 Å². The molecule has 1 heterocycles. The summed E-state index contributed by atoms with van der Waals surface area (Å²) in [5.41, 5.74) is 0.885. The number of rotatable bonds is 5. The van der Waals surface area contributed by atoms with Crippen LogP contribution in [-0.4, -0.2) is 34.8 Å². The molecule has 1 spiro atoms. The number of carbonyl (C=O) groups is 3. The molecule has 7 heteroatoms.